The van der Waals surface area contributed by atoms with E-state index in [2.05, 4.69) is 22.6 Å². The predicted molar refractivity (Wildman–Crippen MR) is 107 cm³/mol. The lowest BCUT2D eigenvalue weighted by Crippen LogP contribution is -2.11. The highest BCUT2D eigenvalue weighted by Crippen LogP contribution is 2.31. The van der Waals surface area contributed by atoms with Crippen LogP contribution in [0, 0.1) is 10.7 Å². The van der Waals surface area contributed by atoms with E-state index in [4.69, 9.17) is 9.29 Å². The number of halogens is 3. The molecule has 2 aromatic rings. The number of phenolic OH excluding ortho intramolecular Hbond substituents is 1. The fourth-order valence-electron chi connectivity index (χ4n) is 1.64. The zero-order chi connectivity index (χ0) is 17.4. The first kappa shape index (κ1) is 19.1. The maximum atomic E-state index is 12.2. The largest absolute Gasteiger partial charge is 0.506 e. The van der Waals surface area contributed by atoms with Crippen molar-refractivity contribution in [2.75, 3.05) is 0 Å². The minimum atomic E-state index is -4.56. The molecule has 2 N–H and O–H groups in total. The molecule has 23 heavy (non-hydrogen) atoms. The first-order chi connectivity index (χ1) is 10.6. The number of ether oxygens (including phenoxy) is 1. The average molecular weight is 672 g/mol. The molecule has 10 heteroatoms. The third kappa shape index (κ3) is 4.67. The smallest absolute Gasteiger partial charge is 0.343 e. The van der Waals surface area contributed by atoms with Gasteiger partial charge in [0.15, 0.2) is 5.75 Å². The quantitative estimate of drug-likeness (QED) is 0.224. The van der Waals surface area contributed by atoms with Gasteiger partial charge in [0.05, 0.1) is 12.7 Å². The fourth-order valence-corrected chi connectivity index (χ4v) is 6.01. The monoisotopic (exact) mass is 672 g/mol. The van der Waals surface area contributed by atoms with E-state index in [9.17, 15) is 18.3 Å². The number of hydrogen-bond donors (Lipinski definition) is 2. The molecule has 0 fully saturated rings. The van der Waals surface area contributed by atoms with Gasteiger partial charge in [-0.2, -0.15) is 8.42 Å². The second-order valence-corrected chi connectivity index (χ2v) is 9.21. The highest BCUT2D eigenvalue weighted by Gasteiger charge is 2.19. The van der Waals surface area contributed by atoms with Crippen LogP contribution in [0.1, 0.15) is 10.4 Å². The summed E-state index contributed by atoms with van der Waals surface area (Å²) in [6.45, 7) is 0. The number of carbonyl (C=O) groups is 1. The molecule has 0 amide bonds. The normalized spacial score (nSPS) is 11.3. The first-order valence-corrected chi connectivity index (χ1v) is 10.4. The third-order valence-corrected chi connectivity index (χ3v) is 5.76. The molecule has 0 aliphatic heterocycles. The molecular formula is C13H7I3O6S. The second kappa shape index (κ2) is 7.37. The zero-order valence-corrected chi connectivity index (χ0v) is 18.2. The Morgan fingerprint density at radius 1 is 1.04 bits per heavy atom. The summed E-state index contributed by atoms with van der Waals surface area (Å²) in [5.41, 5.74) is -0.0416. The fraction of sp³-hybridized carbons (Fsp3) is 0. The van der Waals surface area contributed by atoms with Gasteiger partial charge in [0.1, 0.15) is 10.6 Å². The molecule has 0 saturated heterocycles. The molecule has 0 radical (unpaired) electrons. The summed E-state index contributed by atoms with van der Waals surface area (Å²) in [6, 6.07) is 6.69. The van der Waals surface area contributed by atoms with Crippen molar-refractivity contribution in [3.63, 3.8) is 0 Å². The molecular weight excluding hydrogens is 665 g/mol. The molecule has 0 aliphatic rings. The van der Waals surface area contributed by atoms with E-state index in [-0.39, 0.29) is 5.56 Å². The Morgan fingerprint density at radius 2 is 1.61 bits per heavy atom. The zero-order valence-electron chi connectivity index (χ0n) is 11.0. The van der Waals surface area contributed by atoms with Crippen molar-refractivity contribution < 1.29 is 27.6 Å². The van der Waals surface area contributed by atoms with Gasteiger partial charge in [-0.25, -0.2) is 4.79 Å². The van der Waals surface area contributed by atoms with Gasteiger partial charge in [-0.15, -0.1) is 0 Å². The molecule has 0 spiro atoms. The Hall–Kier alpha value is -0.190. The Morgan fingerprint density at radius 3 is 2.09 bits per heavy atom. The number of rotatable bonds is 3. The molecule has 0 aliphatic carbocycles. The molecule has 6 nitrogen and oxygen atoms in total. The van der Waals surface area contributed by atoms with Gasteiger partial charge in [-0.05, 0) is 98.1 Å². The lowest BCUT2D eigenvalue weighted by Gasteiger charge is -2.10. The summed E-state index contributed by atoms with van der Waals surface area (Å²) in [5.74, 6) is -1.09. The van der Waals surface area contributed by atoms with Crippen molar-refractivity contribution in [2.24, 2.45) is 0 Å². The minimum absolute atomic E-state index is 0.0416. The SMILES string of the molecule is O=C(Oc1c(I)cc(I)cc1I)c1ccc(S(=O)(=O)O)c(O)c1. The van der Waals surface area contributed by atoms with Crippen molar-refractivity contribution >= 4 is 83.9 Å². The number of esters is 1. The Kier molecular flexibility index (Phi) is 6.13. The van der Waals surface area contributed by atoms with Gasteiger partial charge in [0.2, 0.25) is 0 Å². The van der Waals surface area contributed by atoms with Crippen LogP contribution in [-0.2, 0) is 10.1 Å². The van der Waals surface area contributed by atoms with E-state index in [1.54, 1.807) is 0 Å². The summed E-state index contributed by atoms with van der Waals surface area (Å²) in [5, 5.41) is 9.64. The third-order valence-electron chi connectivity index (χ3n) is 2.63. The molecule has 122 valence electrons. The van der Waals surface area contributed by atoms with E-state index in [0.717, 1.165) is 28.9 Å². The van der Waals surface area contributed by atoms with Gasteiger partial charge in [0, 0.05) is 3.57 Å². The second-order valence-electron chi connectivity index (χ2n) is 4.25. The van der Waals surface area contributed by atoms with Gasteiger partial charge >= 0.3 is 5.97 Å². The van der Waals surface area contributed by atoms with E-state index in [0.29, 0.717) is 5.75 Å². The van der Waals surface area contributed by atoms with E-state index >= 15 is 0 Å². The van der Waals surface area contributed by atoms with Crippen LogP contribution < -0.4 is 4.74 Å². The molecule has 0 atom stereocenters. The molecule has 2 aromatic carbocycles. The number of hydrogen-bond acceptors (Lipinski definition) is 5. The van der Waals surface area contributed by atoms with Crippen LogP contribution in [0.25, 0.3) is 0 Å². The maximum Gasteiger partial charge on any atom is 0.343 e. The summed E-state index contributed by atoms with van der Waals surface area (Å²) in [4.78, 5) is 11.5. The summed E-state index contributed by atoms with van der Waals surface area (Å²) in [7, 11) is -4.56. The van der Waals surface area contributed by atoms with Gasteiger partial charge in [-0.1, -0.05) is 0 Å². The minimum Gasteiger partial charge on any atom is -0.506 e. The number of carbonyl (C=O) groups excluding carboxylic acids is 1. The van der Waals surface area contributed by atoms with Crippen molar-refractivity contribution in [3.05, 3.63) is 46.6 Å². The summed E-state index contributed by atoms with van der Waals surface area (Å²) < 4.78 is 38.8. The Bertz CT molecular complexity index is 872. The van der Waals surface area contributed by atoms with Gasteiger partial charge in [0.25, 0.3) is 10.1 Å². The summed E-state index contributed by atoms with van der Waals surface area (Å²) >= 11 is 6.22. The highest BCUT2D eigenvalue weighted by molar-refractivity contribution is 14.1. The standard InChI is InChI=1S/C13H7I3O6S/c14-7-4-8(15)12(9(16)5-7)22-13(18)6-1-2-11(10(17)3-6)23(19,20)21/h1-5,17H,(H,19,20,21). The van der Waals surface area contributed by atoms with Crippen LogP contribution in [0.3, 0.4) is 0 Å². The van der Waals surface area contributed by atoms with Gasteiger partial charge < -0.3 is 9.84 Å². The molecule has 0 heterocycles. The van der Waals surface area contributed by atoms with Gasteiger partial charge in [-0.3, -0.25) is 4.55 Å². The van der Waals surface area contributed by atoms with Crippen LogP contribution in [0.4, 0.5) is 0 Å². The molecule has 2 rings (SSSR count). The van der Waals surface area contributed by atoms with Crippen molar-refractivity contribution in [2.45, 2.75) is 4.90 Å². The highest BCUT2D eigenvalue weighted by atomic mass is 127. The predicted octanol–water partition coefficient (Wildman–Crippen LogP) is 3.67. The first-order valence-electron chi connectivity index (χ1n) is 5.77. The van der Waals surface area contributed by atoms with Crippen molar-refractivity contribution in [3.8, 4) is 11.5 Å². The number of benzene rings is 2. The van der Waals surface area contributed by atoms with E-state index in [1.165, 1.54) is 0 Å². The van der Waals surface area contributed by atoms with Crippen LogP contribution >= 0.6 is 67.8 Å². The topological polar surface area (TPSA) is 101 Å². The molecule has 0 unspecified atom stereocenters. The lowest BCUT2D eigenvalue weighted by atomic mass is 10.2. The molecule has 0 aromatic heterocycles. The number of phenols is 1. The maximum absolute atomic E-state index is 12.2. The van der Waals surface area contributed by atoms with Crippen LogP contribution in [0.2, 0.25) is 0 Å². The van der Waals surface area contributed by atoms with E-state index in [1.807, 2.05) is 57.3 Å². The lowest BCUT2D eigenvalue weighted by molar-refractivity contribution is 0.0731. The Labute approximate surface area is 172 Å². The average Bonchev–Trinajstić information content (AvgIpc) is 2.40. The number of aromatic hydroxyl groups is 1. The van der Waals surface area contributed by atoms with Crippen molar-refractivity contribution in [1.82, 2.24) is 0 Å². The van der Waals surface area contributed by atoms with Crippen molar-refractivity contribution in [1.29, 1.82) is 0 Å². The van der Waals surface area contributed by atoms with Crippen LogP contribution in [-0.4, -0.2) is 24.0 Å². The molecule has 0 saturated carbocycles. The molecule has 0 bridgehead atoms. The van der Waals surface area contributed by atoms with Crippen LogP contribution in [0.15, 0.2) is 35.2 Å². The van der Waals surface area contributed by atoms with E-state index < -0.39 is 26.7 Å². The Balaban J connectivity index is 2.34. The summed E-state index contributed by atoms with van der Waals surface area (Å²) in [6.07, 6.45) is 0. The van der Waals surface area contributed by atoms with Crippen LogP contribution in [0.5, 0.6) is 11.5 Å².